The topological polar surface area (TPSA) is 111 Å². The lowest BCUT2D eigenvalue weighted by molar-refractivity contribution is -0.777. The molecule has 3 aliphatic rings. The van der Waals surface area contributed by atoms with Crippen molar-refractivity contribution in [2.75, 3.05) is 0 Å². The van der Waals surface area contributed by atoms with Crippen LogP contribution in [-0.4, -0.2) is 36.6 Å². The second-order valence-corrected chi connectivity index (χ2v) is 8.28. The van der Waals surface area contributed by atoms with Crippen molar-refractivity contribution in [3.05, 3.63) is 0 Å². The van der Waals surface area contributed by atoms with E-state index in [9.17, 15) is 27.3 Å². The highest BCUT2D eigenvalue weighted by atomic mass is 32.2. The predicted octanol–water partition coefficient (Wildman–Crippen LogP) is -0.110. The first-order valence-corrected chi connectivity index (χ1v) is 8.50. The zero-order chi connectivity index (χ0) is 16.3. The standard InChI is InChI=1S/C10H12F2O8S2/c1-9-3-4-2-5(9)7(22(15,16)18-9)6(4)17-8(13)10(11,12)21-20-19-14/h4-7,14H,2-3H2,1H3/p-1. The number of hydrogen-bond acceptors (Lipinski definition) is 9. The van der Waals surface area contributed by atoms with Crippen molar-refractivity contribution in [1.29, 1.82) is 0 Å². The van der Waals surface area contributed by atoms with Crippen LogP contribution >= 0.6 is 12.0 Å². The summed E-state index contributed by atoms with van der Waals surface area (Å²) >= 11 is -0.815. The highest BCUT2D eigenvalue weighted by molar-refractivity contribution is 7.96. The van der Waals surface area contributed by atoms with Crippen LogP contribution in [0.15, 0.2) is 0 Å². The third-order valence-corrected chi connectivity index (χ3v) is 6.86. The van der Waals surface area contributed by atoms with Gasteiger partial charge in [0.2, 0.25) is 0 Å². The first-order valence-electron chi connectivity index (χ1n) is 6.28. The molecule has 0 N–H and O–H groups in total. The van der Waals surface area contributed by atoms with Crippen molar-refractivity contribution in [3.8, 4) is 0 Å². The number of hydrogen-bond donors (Lipinski definition) is 0. The van der Waals surface area contributed by atoms with E-state index in [4.69, 9.17) is 8.92 Å². The largest absolute Gasteiger partial charge is 0.691 e. The number of alkyl halides is 2. The number of halogens is 2. The third-order valence-electron chi connectivity index (χ3n) is 4.48. The molecule has 8 nitrogen and oxygen atoms in total. The van der Waals surface area contributed by atoms with E-state index in [0.717, 1.165) is 0 Å². The Bertz CT molecular complexity index is 596. The zero-order valence-electron chi connectivity index (χ0n) is 11.1. The van der Waals surface area contributed by atoms with Crippen LogP contribution in [0.2, 0.25) is 0 Å². The monoisotopic (exact) mass is 361 g/mol. The molecule has 2 bridgehead atoms. The summed E-state index contributed by atoms with van der Waals surface area (Å²) < 4.78 is 64.0. The summed E-state index contributed by atoms with van der Waals surface area (Å²) in [5.74, 6) is -2.74. The normalized spacial score (nSPS) is 41.8. The van der Waals surface area contributed by atoms with Gasteiger partial charge in [-0.05, 0) is 19.8 Å². The Morgan fingerprint density at radius 3 is 2.82 bits per heavy atom. The molecule has 0 spiro atoms. The molecule has 22 heavy (non-hydrogen) atoms. The van der Waals surface area contributed by atoms with Gasteiger partial charge in [-0.2, -0.15) is 21.5 Å². The van der Waals surface area contributed by atoms with Crippen molar-refractivity contribution in [2.24, 2.45) is 11.8 Å². The van der Waals surface area contributed by atoms with Gasteiger partial charge in [0.05, 0.1) is 5.60 Å². The number of fused-ring (bicyclic) bond motifs is 1. The van der Waals surface area contributed by atoms with Gasteiger partial charge in [0.1, 0.15) is 23.4 Å². The SMILES string of the molecule is CC12CC3CC1C(C3OC(=O)C(F)(F)SOO[O-])S(=O)(=O)O2. The Morgan fingerprint density at radius 1 is 1.50 bits per heavy atom. The van der Waals surface area contributed by atoms with Gasteiger partial charge in [-0.1, -0.05) is 0 Å². The molecule has 0 aromatic carbocycles. The van der Waals surface area contributed by atoms with Crippen LogP contribution in [0.5, 0.6) is 0 Å². The van der Waals surface area contributed by atoms with Crippen LogP contribution in [0.3, 0.4) is 0 Å². The number of carbonyl (C=O) groups is 1. The molecular weight excluding hydrogens is 350 g/mol. The maximum atomic E-state index is 13.4. The molecule has 126 valence electrons. The van der Waals surface area contributed by atoms with Crippen molar-refractivity contribution in [2.45, 2.75) is 42.0 Å². The maximum Gasteiger partial charge on any atom is 0.415 e. The van der Waals surface area contributed by atoms with Crippen molar-refractivity contribution in [1.82, 2.24) is 0 Å². The summed E-state index contributed by atoms with van der Waals surface area (Å²) in [5.41, 5.74) is -0.853. The van der Waals surface area contributed by atoms with E-state index >= 15 is 0 Å². The fourth-order valence-corrected chi connectivity index (χ4v) is 6.26. The fraction of sp³-hybridized carbons (Fsp3) is 0.900. The van der Waals surface area contributed by atoms with E-state index in [2.05, 4.69) is 9.37 Å². The van der Waals surface area contributed by atoms with Crippen LogP contribution < -0.4 is 5.26 Å². The van der Waals surface area contributed by atoms with Crippen molar-refractivity contribution in [3.63, 3.8) is 0 Å². The summed E-state index contributed by atoms with van der Waals surface area (Å²) in [4.78, 5) is 11.5. The summed E-state index contributed by atoms with van der Waals surface area (Å²) in [7, 11) is -3.98. The Balaban J connectivity index is 1.76. The third kappa shape index (κ3) is 2.32. The first-order chi connectivity index (χ1) is 10.1. The Labute approximate surface area is 128 Å². The molecule has 2 saturated carbocycles. The van der Waals surface area contributed by atoms with E-state index in [1.807, 2.05) is 0 Å². The Morgan fingerprint density at radius 2 is 2.18 bits per heavy atom. The molecule has 0 amide bonds. The van der Waals surface area contributed by atoms with Crippen molar-refractivity contribution >= 4 is 28.1 Å². The van der Waals surface area contributed by atoms with Gasteiger partial charge in [0.25, 0.3) is 10.1 Å². The van der Waals surface area contributed by atoms with Crippen LogP contribution in [0, 0.1) is 11.8 Å². The molecule has 0 aromatic rings. The molecule has 0 aromatic heterocycles. The Kier molecular flexibility index (Phi) is 3.70. The van der Waals surface area contributed by atoms with Gasteiger partial charge < -0.3 is 9.99 Å². The lowest BCUT2D eigenvalue weighted by atomic mass is 9.84. The molecule has 1 aliphatic heterocycles. The summed E-state index contributed by atoms with van der Waals surface area (Å²) in [6, 6.07) is 0. The van der Waals surface area contributed by atoms with E-state index in [-0.39, 0.29) is 11.8 Å². The molecule has 3 rings (SSSR count). The number of carbonyl (C=O) groups excluding carboxylic acids is 1. The molecular formula is C10H11F2O8S2-. The second kappa shape index (κ2) is 4.98. The van der Waals surface area contributed by atoms with Gasteiger partial charge in [-0.15, -0.1) is 0 Å². The minimum absolute atomic E-state index is 0.310. The average molecular weight is 361 g/mol. The fourth-order valence-electron chi connectivity index (χ4n) is 3.79. The highest BCUT2D eigenvalue weighted by Crippen LogP contribution is 2.61. The van der Waals surface area contributed by atoms with Gasteiger partial charge in [-0.3, -0.25) is 9.22 Å². The number of esters is 1. The number of rotatable bonds is 5. The molecule has 5 unspecified atom stereocenters. The molecule has 0 radical (unpaired) electrons. The molecule has 1 heterocycles. The zero-order valence-corrected chi connectivity index (χ0v) is 12.7. The molecule has 3 fully saturated rings. The minimum Gasteiger partial charge on any atom is -0.691 e. The van der Waals surface area contributed by atoms with E-state index < -0.39 is 50.3 Å². The highest BCUT2D eigenvalue weighted by Gasteiger charge is 2.71. The maximum absolute atomic E-state index is 13.4. The Hall–Kier alpha value is -0.530. The summed E-state index contributed by atoms with van der Waals surface area (Å²) in [6.07, 6.45) is -0.459. The van der Waals surface area contributed by atoms with Crippen molar-refractivity contribution < 1.29 is 45.5 Å². The lowest BCUT2D eigenvalue weighted by Gasteiger charge is -2.30. The quantitative estimate of drug-likeness (QED) is 0.218. The summed E-state index contributed by atoms with van der Waals surface area (Å²) in [5, 5.41) is 6.96. The van der Waals surface area contributed by atoms with Gasteiger partial charge >= 0.3 is 11.2 Å². The van der Waals surface area contributed by atoms with Crippen LogP contribution in [-0.2, 0) is 33.2 Å². The number of ether oxygens (including phenoxy) is 1. The molecule has 2 aliphatic carbocycles. The lowest BCUT2D eigenvalue weighted by Crippen LogP contribution is -2.44. The average Bonchev–Trinajstić information content (AvgIpc) is 2.93. The van der Waals surface area contributed by atoms with E-state index in [0.29, 0.717) is 12.8 Å². The van der Waals surface area contributed by atoms with E-state index in [1.54, 1.807) is 6.92 Å². The second-order valence-electron chi connectivity index (χ2n) is 5.77. The minimum atomic E-state index is -4.20. The van der Waals surface area contributed by atoms with E-state index in [1.165, 1.54) is 0 Å². The molecule has 1 saturated heterocycles. The van der Waals surface area contributed by atoms with Crippen LogP contribution in [0.25, 0.3) is 0 Å². The van der Waals surface area contributed by atoms with Gasteiger partial charge in [0.15, 0.2) is 0 Å². The van der Waals surface area contributed by atoms with Crippen LogP contribution in [0.1, 0.15) is 19.8 Å². The summed E-state index contributed by atoms with van der Waals surface area (Å²) in [6.45, 7) is 1.65. The van der Waals surface area contributed by atoms with Gasteiger partial charge in [-0.25, -0.2) is 4.79 Å². The smallest absolute Gasteiger partial charge is 0.415 e. The molecule has 12 heteroatoms. The van der Waals surface area contributed by atoms with Gasteiger partial charge in [0, 0.05) is 11.8 Å². The predicted molar refractivity (Wildman–Crippen MR) is 63.0 cm³/mol. The van der Waals surface area contributed by atoms with Crippen LogP contribution in [0.4, 0.5) is 8.78 Å². The first kappa shape index (κ1) is 16.3. The molecule has 5 atom stereocenters.